The number of hydrogen-bond donors (Lipinski definition) is 1. The molecular weight excluding hydrogens is 459 g/mol. The van der Waals surface area contributed by atoms with Gasteiger partial charge >= 0.3 is 0 Å². The molecular formula is C20H19FN4O3S3. The molecule has 2 heterocycles. The Morgan fingerprint density at radius 3 is 2.74 bits per heavy atom. The SMILES string of the molecule is CCS(=O)(=O)N1CCc2cc(C(=O)CSc3nnc(Nc4ccc(F)cc4)s3)ccc21. The maximum absolute atomic E-state index is 13.0. The number of ketones is 1. The van der Waals surface area contributed by atoms with E-state index in [9.17, 15) is 17.6 Å². The van der Waals surface area contributed by atoms with Crippen LogP contribution < -0.4 is 9.62 Å². The zero-order valence-electron chi connectivity index (χ0n) is 16.5. The number of Topliss-reactive ketones (excluding diaryl/α,β-unsaturated/α-hetero) is 1. The van der Waals surface area contributed by atoms with Crippen molar-refractivity contribution >= 4 is 55.4 Å². The number of carbonyl (C=O) groups excluding carboxylic acids is 1. The molecule has 0 bridgehead atoms. The van der Waals surface area contributed by atoms with Gasteiger partial charge in [0.25, 0.3) is 0 Å². The molecule has 0 spiro atoms. The predicted molar refractivity (Wildman–Crippen MR) is 122 cm³/mol. The Hall–Kier alpha value is -2.50. The Bertz CT molecular complexity index is 1210. The lowest BCUT2D eigenvalue weighted by molar-refractivity contribution is 0.102. The summed E-state index contributed by atoms with van der Waals surface area (Å²) in [6.07, 6.45) is 0.595. The van der Waals surface area contributed by atoms with E-state index in [0.717, 1.165) is 5.56 Å². The van der Waals surface area contributed by atoms with Crippen LogP contribution in [0.1, 0.15) is 22.8 Å². The van der Waals surface area contributed by atoms with Crippen LogP contribution in [0.4, 0.5) is 20.9 Å². The number of halogens is 1. The fourth-order valence-corrected chi connectivity index (χ4v) is 6.00. The molecule has 0 radical (unpaired) electrons. The van der Waals surface area contributed by atoms with Crippen LogP contribution in [0.2, 0.25) is 0 Å². The van der Waals surface area contributed by atoms with Gasteiger partial charge in [0, 0.05) is 17.8 Å². The standard InChI is InChI=1S/C20H19FN4O3S3/c1-2-31(27,28)25-10-9-13-11-14(3-8-17(13)25)18(26)12-29-20-24-23-19(30-20)22-16-6-4-15(21)5-7-16/h3-8,11H,2,9-10,12H2,1H3,(H,22,23). The molecule has 1 aliphatic heterocycles. The van der Waals surface area contributed by atoms with Crippen LogP contribution in [0.25, 0.3) is 0 Å². The predicted octanol–water partition coefficient (Wildman–Crippen LogP) is 4.11. The summed E-state index contributed by atoms with van der Waals surface area (Å²) < 4.78 is 39.4. The van der Waals surface area contributed by atoms with Gasteiger partial charge in [-0.25, -0.2) is 12.8 Å². The fraction of sp³-hybridized carbons (Fsp3) is 0.250. The summed E-state index contributed by atoms with van der Waals surface area (Å²) in [5.41, 5.74) is 2.78. The van der Waals surface area contributed by atoms with Crippen LogP contribution in [-0.4, -0.2) is 42.4 Å². The molecule has 162 valence electrons. The highest BCUT2D eigenvalue weighted by Gasteiger charge is 2.28. The Kier molecular flexibility index (Phi) is 6.26. The van der Waals surface area contributed by atoms with E-state index >= 15 is 0 Å². The molecule has 1 N–H and O–H groups in total. The highest BCUT2D eigenvalue weighted by molar-refractivity contribution is 8.01. The quantitative estimate of drug-likeness (QED) is 0.385. The number of hydrogen-bond acceptors (Lipinski definition) is 8. The lowest BCUT2D eigenvalue weighted by Gasteiger charge is -2.18. The second-order valence-electron chi connectivity index (χ2n) is 6.78. The van der Waals surface area contributed by atoms with Crippen molar-refractivity contribution in [1.29, 1.82) is 0 Å². The number of benzene rings is 2. The van der Waals surface area contributed by atoms with Crippen molar-refractivity contribution in [2.24, 2.45) is 0 Å². The third-order valence-corrected chi connectivity index (χ3v) is 8.54. The van der Waals surface area contributed by atoms with Crippen molar-refractivity contribution in [3.63, 3.8) is 0 Å². The highest BCUT2D eigenvalue weighted by Crippen LogP contribution is 2.32. The molecule has 0 amide bonds. The maximum atomic E-state index is 13.0. The molecule has 0 fully saturated rings. The Labute approximate surface area is 187 Å². The molecule has 3 aromatic rings. The van der Waals surface area contributed by atoms with Crippen molar-refractivity contribution in [3.05, 3.63) is 59.4 Å². The van der Waals surface area contributed by atoms with Gasteiger partial charge in [0.05, 0.1) is 17.2 Å². The number of aromatic nitrogens is 2. The first-order chi connectivity index (χ1) is 14.9. The van der Waals surface area contributed by atoms with Crippen LogP contribution in [0.5, 0.6) is 0 Å². The number of carbonyl (C=O) groups is 1. The number of nitrogens with zero attached hydrogens (tertiary/aromatic N) is 3. The highest BCUT2D eigenvalue weighted by atomic mass is 32.2. The average molecular weight is 479 g/mol. The van der Waals surface area contributed by atoms with Crippen LogP contribution >= 0.6 is 23.1 Å². The Morgan fingerprint density at radius 2 is 2.00 bits per heavy atom. The van der Waals surface area contributed by atoms with Gasteiger partial charge in [0.1, 0.15) is 5.82 Å². The maximum Gasteiger partial charge on any atom is 0.234 e. The van der Waals surface area contributed by atoms with Gasteiger partial charge in [-0.05, 0) is 61.4 Å². The zero-order chi connectivity index (χ0) is 22.0. The first-order valence-corrected chi connectivity index (χ1v) is 12.9. The van der Waals surface area contributed by atoms with Gasteiger partial charge < -0.3 is 5.32 Å². The van der Waals surface area contributed by atoms with E-state index in [-0.39, 0.29) is 23.1 Å². The van der Waals surface area contributed by atoms with E-state index in [1.165, 1.54) is 39.5 Å². The van der Waals surface area contributed by atoms with E-state index in [4.69, 9.17) is 0 Å². The van der Waals surface area contributed by atoms with Crippen molar-refractivity contribution in [2.75, 3.05) is 27.7 Å². The van der Waals surface area contributed by atoms with Crippen LogP contribution in [0, 0.1) is 5.82 Å². The van der Waals surface area contributed by atoms with E-state index in [1.807, 2.05) is 0 Å². The second-order valence-corrected chi connectivity index (χ2v) is 11.2. The second kappa shape index (κ2) is 8.93. The molecule has 1 aliphatic rings. The summed E-state index contributed by atoms with van der Waals surface area (Å²) in [7, 11) is -3.31. The van der Waals surface area contributed by atoms with Gasteiger partial charge in [-0.1, -0.05) is 23.1 Å². The minimum absolute atomic E-state index is 0.0453. The summed E-state index contributed by atoms with van der Waals surface area (Å²) in [6, 6.07) is 11.1. The molecule has 0 saturated heterocycles. The first kappa shape index (κ1) is 21.7. The number of rotatable bonds is 8. The molecule has 0 unspecified atom stereocenters. The summed E-state index contributed by atoms with van der Waals surface area (Å²) in [5, 5.41) is 11.7. The van der Waals surface area contributed by atoms with Crippen molar-refractivity contribution in [2.45, 2.75) is 17.7 Å². The summed E-state index contributed by atoms with van der Waals surface area (Å²) in [4.78, 5) is 12.6. The van der Waals surface area contributed by atoms with Crippen LogP contribution in [-0.2, 0) is 16.4 Å². The first-order valence-electron chi connectivity index (χ1n) is 9.51. The topological polar surface area (TPSA) is 92.3 Å². The minimum Gasteiger partial charge on any atom is -0.330 e. The minimum atomic E-state index is -3.31. The molecule has 0 atom stereocenters. The number of anilines is 3. The zero-order valence-corrected chi connectivity index (χ0v) is 19.0. The number of thioether (sulfide) groups is 1. The third-order valence-electron chi connectivity index (χ3n) is 4.78. The van der Waals surface area contributed by atoms with Gasteiger partial charge in [0.2, 0.25) is 15.2 Å². The molecule has 2 aromatic carbocycles. The van der Waals surface area contributed by atoms with Crippen molar-refractivity contribution in [3.8, 4) is 0 Å². The number of fused-ring (bicyclic) bond motifs is 1. The molecule has 0 aliphatic carbocycles. The van der Waals surface area contributed by atoms with E-state index in [2.05, 4.69) is 15.5 Å². The van der Waals surface area contributed by atoms with Crippen molar-refractivity contribution < 1.29 is 17.6 Å². The van der Waals surface area contributed by atoms with E-state index in [0.29, 0.717) is 39.4 Å². The van der Waals surface area contributed by atoms with Gasteiger partial charge in [-0.2, -0.15) is 0 Å². The molecule has 4 rings (SSSR count). The molecule has 1 aromatic heterocycles. The lowest BCUT2D eigenvalue weighted by Crippen LogP contribution is -2.30. The molecule has 0 saturated carbocycles. The molecule has 7 nitrogen and oxygen atoms in total. The van der Waals surface area contributed by atoms with Crippen LogP contribution in [0.15, 0.2) is 46.8 Å². The normalized spacial score (nSPS) is 13.3. The monoisotopic (exact) mass is 478 g/mol. The average Bonchev–Trinajstić information content (AvgIpc) is 3.40. The third kappa shape index (κ3) is 4.89. The Balaban J connectivity index is 1.38. The van der Waals surface area contributed by atoms with Crippen molar-refractivity contribution in [1.82, 2.24) is 10.2 Å². The fourth-order valence-electron chi connectivity index (χ4n) is 3.18. The smallest absolute Gasteiger partial charge is 0.234 e. The largest absolute Gasteiger partial charge is 0.330 e. The van der Waals surface area contributed by atoms with Crippen LogP contribution in [0.3, 0.4) is 0 Å². The number of nitrogens with one attached hydrogen (secondary N) is 1. The van der Waals surface area contributed by atoms with Gasteiger partial charge in [0.15, 0.2) is 10.1 Å². The Morgan fingerprint density at radius 1 is 1.23 bits per heavy atom. The summed E-state index contributed by atoms with van der Waals surface area (Å²) >= 11 is 2.59. The van der Waals surface area contributed by atoms with Gasteiger partial charge in [-0.15, -0.1) is 10.2 Å². The van der Waals surface area contributed by atoms with Gasteiger partial charge in [-0.3, -0.25) is 9.10 Å². The summed E-state index contributed by atoms with van der Waals surface area (Å²) in [5.74, 6) is -0.137. The lowest BCUT2D eigenvalue weighted by atomic mass is 10.1. The molecule has 31 heavy (non-hydrogen) atoms. The van der Waals surface area contributed by atoms with E-state index < -0.39 is 10.0 Å². The van der Waals surface area contributed by atoms with E-state index in [1.54, 1.807) is 37.3 Å². The summed E-state index contributed by atoms with van der Waals surface area (Å²) in [6.45, 7) is 2.03. The molecule has 11 heteroatoms. The number of sulfonamides is 1.